The van der Waals surface area contributed by atoms with E-state index in [4.69, 9.17) is 9.47 Å². The first-order valence-electron chi connectivity index (χ1n) is 7.33. The van der Waals surface area contributed by atoms with Gasteiger partial charge in [0.2, 0.25) is 5.91 Å². The average Bonchev–Trinajstić information content (AvgIpc) is 2.39. The van der Waals surface area contributed by atoms with Crippen LogP contribution < -0.4 is 5.32 Å². The van der Waals surface area contributed by atoms with Gasteiger partial charge in [0.1, 0.15) is 5.78 Å². The number of ether oxygens (including phenoxy) is 2. The Morgan fingerprint density at radius 3 is 2.15 bits per heavy atom. The van der Waals surface area contributed by atoms with Gasteiger partial charge in [-0.1, -0.05) is 27.7 Å². The fraction of sp³-hybridized carbons (Fsp3) is 0.867. The van der Waals surface area contributed by atoms with Crippen molar-refractivity contribution in [3.05, 3.63) is 0 Å². The molecular formula is C15H29NO4. The van der Waals surface area contributed by atoms with Crippen LogP contribution in [0.15, 0.2) is 0 Å². The summed E-state index contributed by atoms with van der Waals surface area (Å²) < 4.78 is 10.7. The molecule has 0 rings (SSSR count). The summed E-state index contributed by atoms with van der Waals surface area (Å²) in [5, 5.41) is 2.81. The molecule has 0 atom stereocenters. The van der Waals surface area contributed by atoms with Crippen LogP contribution in [0, 0.1) is 5.41 Å². The van der Waals surface area contributed by atoms with Gasteiger partial charge in [0.25, 0.3) is 0 Å². The van der Waals surface area contributed by atoms with Gasteiger partial charge in [0, 0.05) is 31.4 Å². The molecule has 0 aliphatic rings. The zero-order valence-electron chi connectivity index (χ0n) is 13.3. The highest BCUT2D eigenvalue weighted by molar-refractivity contribution is 5.81. The van der Waals surface area contributed by atoms with Gasteiger partial charge in [0.15, 0.2) is 0 Å². The van der Waals surface area contributed by atoms with E-state index in [9.17, 15) is 9.59 Å². The molecule has 5 heteroatoms. The Labute approximate surface area is 122 Å². The molecule has 1 amide bonds. The van der Waals surface area contributed by atoms with E-state index in [1.165, 1.54) is 0 Å². The van der Waals surface area contributed by atoms with Crippen LogP contribution in [-0.2, 0) is 19.1 Å². The largest absolute Gasteiger partial charge is 0.379 e. The zero-order chi connectivity index (χ0) is 15.4. The number of Topliss-reactive ketones (excluding diaryl/α,β-unsaturated/α-hetero) is 1. The zero-order valence-corrected chi connectivity index (χ0v) is 13.3. The van der Waals surface area contributed by atoms with Gasteiger partial charge in [-0.05, 0) is 6.42 Å². The highest BCUT2D eigenvalue weighted by Gasteiger charge is 2.20. The Morgan fingerprint density at radius 1 is 1.00 bits per heavy atom. The van der Waals surface area contributed by atoms with Gasteiger partial charge in [-0.25, -0.2) is 0 Å². The molecule has 0 aliphatic carbocycles. The molecule has 0 aromatic rings. The van der Waals surface area contributed by atoms with Gasteiger partial charge < -0.3 is 14.8 Å². The van der Waals surface area contributed by atoms with Crippen molar-refractivity contribution in [2.24, 2.45) is 5.41 Å². The van der Waals surface area contributed by atoms with Crippen molar-refractivity contribution in [2.75, 3.05) is 33.0 Å². The minimum atomic E-state index is -0.362. The molecule has 0 aromatic carbocycles. The highest BCUT2D eigenvalue weighted by atomic mass is 16.5. The van der Waals surface area contributed by atoms with Crippen LogP contribution in [0.3, 0.4) is 0 Å². The first-order chi connectivity index (χ1) is 9.38. The van der Waals surface area contributed by atoms with Crippen molar-refractivity contribution < 1.29 is 19.1 Å². The number of carbonyl (C=O) groups is 2. The van der Waals surface area contributed by atoms with E-state index in [1.54, 1.807) is 0 Å². The fourth-order valence-electron chi connectivity index (χ4n) is 1.37. The minimum absolute atomic E-state index is 0.0259. The molecule has 0 heterocycles. The monoisotopic (exact) mass is 287 g/mol. The number of hydrogen-bond donors (Lipinski definition) is 1. The first-order valence-corrected chi connectivity index (χ1v) is 7.33. The van der Waals surface area contributed by atoms with Crippen LogP contribution in [0.4, 0.5) is 0 Å². The van der Waals surface area contributed by atoms with Crippen molar-refractivity contribution in [1.82, 2.24) is 5.32 Å². The maximum Gasteiger partial charge on any atom is 0.225 e. The quantitative estimate of drug-likeness (QED) is 0.590. The van der Waals surface area contributed by atoms with E-state index in [1.807, 2.05) is 27.7 Å². The molecule has 0 unspecified atom stereocenters. The topological polar surface area (TPSA) is 64.6 Å². The second kappa shape index (κ2) is 10.8. The van der Waals surface area contributed by atoms with Gasteiger partial charge in [0.05, 0.1) is 19.8 Å². The lowest BCUT2D eigenvalue weighted by Gasteiger charge is -2.17. The Kier molecular flexibility index (Phi) is 10.3. The van der Waals surface area contributed by atoms with E-state index in [0.717, 1.165) is 6.42 Å². The fourth-order valence-corrected chi connectivity index (χ4v) is 1.37. The summed E-state index contributed by atoms with van der Waals surface area (Å²) in [7, 11) is 0. The molecule has 0 saturated carbocycles. The van der Waals surface area contributed by atoms with Gasteiger partial charge >= 0.3 is 0 Å². The molecule has 1 N–H and O–H groups in total. The second-order valence-corrected chi connectivity index (χ2v) is 5.73. The Hall–Kier alpha value is -0.940. The lowest BCUT2D eigenvalue weighted by atomic mass is 9.96. The summed E-state index contributed by atoms with van der Waals surface area (Å²) >= 11 is 0. The second-order valence-electron chi connectivity index (χ2n) is 5.73. The third-order valence-electron chi connectivity index (χ3n) is 2.72. The van der Waals surface area contributed by atoms with Crippen LogP contribution in [0.2, 0.25) is 0 Å². The summed E-state index contributed by atoms with van der Waals surface area (Å²) in [6.45, 7) is 10.1. The number of ketones is 1. The van der Waals surface area contributed by atoms with Crippen molar-refractivity contribution in [3.63, 3.8) is 0 Å². The predicted octanol–water partition coefficient (Wildman–Crippen LogP) is 1.94. The molecule has 5 nitrogen and oxygen atoms in total. The molecule has 0 fully saturated rings. The van der Waals surface area contributed by atoms with Crippen molar-refractivity contribution in [2.45, 2.75) is 47.0 Å². The Morgan fingerprint density at radius 2 is 1.60 bits per heavy atom. The maximum absolute atomic E-state index is 11.5. The lowest BCUT2D eigenvalue weighted by molar-refractivity contribution is -0.128. The predicted molar refractivity (Wildman–Crippen MR) is 78.6 cm³/mol. The number of hydrogen-bond acceptors (Lipinski definition) is 4. The molecular weight excluding hydrogens is 258 g/mol. The van der Waals surface area contributed by atoms with Crippen molar-refractivity contribution in [1.29, 1.82) is 0 Å². The Bertz CT molecular complexity index is 284. The lowest BCUT2D eigenvalue weighted by Crippen LogP contribution is -2.36. The minimum Gasteiger partial charge on any atom is -0.379 e. The van der Waals surface area contributed by atoms with E-state index in [0.29, 0.717) is 45.8 Å². The number of rotatable bonds is 11. The molecule has 118 valence electrons. The summed E-state index contributed by atoms with van der Waals surface area (Å²) in [5.74, 6) is 0.303. The maximum atomic E-state index is 11.5. The van der Waals surface area contributed by atoms with E-state index in [-0.39, 0.29) is 17.1 Å². The molecule has 0 aromatic heterocycles. The number of amides is 1. The molecule has 0 radical (unpaired) electrons. The number of carbonyl (C=O) groups excluding carboxylic acids is 2. The molecule has 0 bridgehead atoms. The van der Waals surface area contributed by atoms with Gasteiger partial charge in [-0.3, -0.25) is 9.59 Å². The SMILES string of the molecule is CCC(=O)CCCOCCOCCNC(=O)C(C)(C)C. The molecule has 0 spiro atoms. The van der Waals surface area contributed by atoms with E-state index < -0.39 is 0 Å². The van der Waals surface area contributed by atoms with Crippen LogP contribution in [0.5, 0.6) is 0 Å². The van der Waals surface area contributed by atoms with Crippen LogP contribution >= 0.6 is 0 Å². The van der Waals surface area contributed by atoms with Crippen molar-refractivity contribution >= 4 is 11.7 Å². The summed E-state index contributed by atoms with van der Waals surface area (Å²) in [5.41, 5.74) is -0.362. The molecule has 0 aliphatic heterocycles. The van der Waals surface area contributed by atoms with Gasteiger partial charge in [-0.2, -0.15) is 0 Å². The van der Waals surface area contributed by atoms with Gasteiger partial charge in [-0.15, -0.1) is 0 Å². The Balaban J connectivity index is 3.25. The highest BCUT2D eigenvalue weighted by Crippen LogP contribution is 2.11. The normalized spacial score (nSPS) is 11.4. The number of nitrogens with one attached hydrogen (secondary N) is 1. The standard InChI is InChI=1S/C15H29NO4/c1-5-13(17)7-6-9-19-11-12-20-10-8-16-14(18)15(2,3)4/h5-12H2,1-4H3,(H,16,18). The van der Waals surface area contributed by atoms with Crippen LogP contribution in [0.1, 0.15) is 47.0 Å². The third kappa shape index (κ3) is 10.9. The van der Waals surface area contributed by atoms with Crippen LogP contribution in [-0.4, -0.2) is 44.7 Å². The summed E-state index contributed by atoms with van der Waals surface area (Å²) in [4.78, 5) is 22.6. The smallest absolute Gasteiger partial charge is 0.225 e. The van der Waals surface area contributed by atoms with Crippen LogP contribution in [0.25, 0.3) is 0 Å². The molecule has 20 heavy (non-hydrogen) atoms. The first kappa shape index (κ1) is 19.1. The summed E-state index contributed by atoms with van der Waals surface area (Å²) in [6.07, 6.45) is 1.97. The average molecular weight is 287 g/mol. The van der Waals surface area contributed by atoms with E-state index >= 15 is 0 Å². The summed E-state index contributed by atoms with van der Waals surface area (Å²) in [6, 6.07) is 0. The van der Waals surface area contributed by atoms with E-state index in [2.05, 4.69) is 5.32 Å². The van der Waals surface area contributed by atoms with Crippen molar-refractivity contribution in [3.8, 4) is 0 Å². The molecule has 0 saturated heterocycles. The third-order valence-corrected chi connectivity index (χ3v) is 2.72.